The smallest absolute Gasteiger partial charge is 0.341 e. The lowest BCUT2D eigenvalue weighted by molar-refractivity contribution is -0.0289. The van der Waals surface area contributed by atoms with Gasteiger partial charge < -0.3 is 23.7 Å². The van der Waals surface area contributed by atoms with E-state index < -0.39 is 23.3 Å². The van der Waals surface area contributed by atoms with E-state index in [4.69, 9.17) is 23.7 Å². The van der Waals surface area contributed by atoms with Crippen LogP contribution in [0.4, 0.5) is 0 Å². The first-order chi connectivity index (χ1) is 17.8. The number of aryl methyl sites for hydroxylation is 1. The summed E-state index contributed by atoms with van der Waals surface area (Å²) in [7, 11) is 2.91. The van der Waals surface area contributed by atoms with Gasteiger partial charge in [0.2, 0.25) is 0 Å². The topological polar surface area (TPSA) is 97.4 Å². The molecule has 0 aliphatic rings. The van der Waals surface area contributed by atoms with Crippen molar-refractivity contribution in [3.8, 4) is 11.5 Å². The van der Waals surface area contributed by atoms with Crippen LogP contribution in [-0.2, 0) is 14.2 Å². The van der Waals surface area contributed by atoms with Gasteiger partial charge in [-0.3, -0.25) is 0 Å². The van der Waals surface area contributed by atoms with Crippen LogP contribution in [0, 0.1) is 12.3 Å². The number of hydrogen-bond acceptors (Lipinski definition) is 8. The number of benzene rings is 3. The summed E-state index contributed by atoms with van der Waals surface area (Å²) in [6.45, 7) is 2.95. The normalized spacial score (nSPS) is 10.8. The van der Waals surface area contributed by atoms with Crippen molar-refractivity contribution in [2.24, 2.45) is 5.41 Å². The van der Waals surface area contributed by atoms with Crippen LogP contribution in [0.15, 0.2) is 72.8 Å². The van der Waals surface area contributed by atoms with Crippen LogP contribution >= 0.6 is 0 Å². The van der Waals surface area contributed by atoms with Gasteiger partial charge in [0.1, 0.15) is 42.4 Å². The highest BCUT2D eigenvalue weighted by Gasteiger charge is 2.32. The summed E-state index contributed by atoms with van der Waals surface area (Å²) in [5.41, 5.74) is 0.625. The van der Waals surface area contributed by atoms with Crippen LogP contribution in [0.3, 0.4) is 0 Å². The van der Waals surface area contributed by atoms with E-state index in [2.05, 4.69) is 0 Å². The number of esters is 3. The molecular weight excluding hydrogens is 476 g/mol. The van der Waals surface area contributed by atoms with Crippen molar-refractivity contribution in [1.29, 1.82) is 0 Å². The number of para-hydroxylation sites is 2. The van der Waals surface area contributed by atoms with Gasteiger partial charge in [-0.2, -0.15) is 0 Å². The van der Waals surface area contributed by atoms with Gasteiger partial charge in [-0.25, -0.2) is 14.4 Å². The number of carbonyl (C=O) groups excluding carboxylic acids is 3. The molecule has 194 valence electrons. The van der Waals surface area contributed by atoms with Gasteiger partial charge in [0.05, 0.1) is 25.2 Å². The first-order valence-corrected chi connectivity index (χ1v) is 11.6. The van der Waals surface area contributed by atoms with E-state index >= 15 is 0 Å². The zero-order chi connectivity index (χ0) is 26.8. The lowest BCUT2D eigenvalue weighted by Gasteiger charge is -2.28. The molecule has 0 saturated heterocycles. The highest BCUT2D eigenvalue weighted by molar-refractivity contribution is 5.93. The van der Waals surface area contributed by atoms with E-state index in [-0.39, 0.29) is 30.9 Å². The second kappa shape index (κ2) is 12.6. The molecule has 0 radical (unpaired) electrons. The number of methoxy groups -OCH3 is 2. The van der Waals surface area contributed by atoms with Crippen LogP contribution in [0.5, 0.6) is 11.5 Å². The van der Waals surface area contributed by atoms with Crippen LogP contribution in [0.1, 0.15) is 43.6 Å². The van der Waals surface area contributed by atoms with Crippen LogP contribution in [0.2, 0.25) is 0 Å². The molecule has 0 spiro atoms. The third-order valence-electron chi connectivity index (χ3n) is 5.67. The SMILES string of the molecule is COc1ccccc1C(=O)OCC(C)(COC(=O)c1ccccc1C)COC(=O)c1ccccc1OC. The summed E-state index contributed by atoms with van der Waals surface area (Å²) in [4.78, 5) is 38.3. The Kier molecular flexibility index (Phi) is 9.27. The second-order valence-electron chi connectivity index (χ2n) is 8.75. The molecule has 0 aliphatic heterocycles. The average molecular weight is 507 g/mol. The number of carbonyl (C=O) groups is 3. The van der Waals surface area contributed by atoms with Crippen molar-refractivity contribution >= 4 is 17.9 Å². The quantitative estimate of drug-likeness (QED) is 0.268. The molecule has 0 unspecified atom stereocenters. The highest BCUT2D eigenvalue weighted by Crippen LogP contribution is 2.25. The molecule has 0 heterocycles. The Labute approximate surface area is 216 Å². The molecule has 3 aromatic carbocycles. The Hall–Kier alpha value is -4.33. The Morgan fingerprint density at radius 2 is 0.946 bits per heavy atom. The van der Waals surface area contributed by atoms with E-state index in [1.165, 1.54) is 14.2 Å². The van der Waals surface area contributed by atoms with Gasteiger partial charge in [0.15, 0.2) is 0 Å². The first-order valence-electron chi connectivity index (χ1n) is 11.6. The molecule has 3 rings (SSSR count). The Morgan fingerprint density at radius 1 is 0.595 bits per heavy atom. The van der Waals surface area contributed by atoms with Crippen LogP contribution in [-0.4, -0.2) is 51.9 Å². The molecule has 0 atom stereocenters. The third kappa shape index (κ3) is 7.10. The summed E-state index contributed by atoms with van der Waals surface area (Å²) >= 11 is 0. The van der Waals surface area contributed by atoms with Gasteiger partial charge in [-0.1, -0.05) is 42.5 Å². The Balaban J connectivity index is 1.75. The minimum absolute atomic E-state index is 0.168. The van der Waals surface area contributed by atoms with Crippen molar-refractivity contribution in [1.82, 2.24) is 0 Å². The average Bonchev–Trinajstić information content (AvgIpc) is 2.93. The summed E-state index contributed by atoms with van der Waals surface area (Å²) in [5, 5.41) is 0. The van der Waals surface area contributed by atoms with Gasteiger partial charge >= 0.3 is 17.9 Å². The van der Waals surface area contributed by atoms with Crippen molar-refractivity contribution < 1.29 is 38.1 Å². The molecule has 0 fully saturated rings. The van der Waals surface area contributed by atoms with Crippen molar-refractivity contribution in [2.45, 2.75) is 13.8 Å². The highest BCUT2D eigenvalue weighted by atomic mass is 16.6. The minimum Gasteiger partial charge on any atom is -0.496 e. The van der Waals surface area contributed by atoms with Gasteiger partial charge in [0.25, 0.3) is 0 Å². The minimum atomic E-state index is -1.05. The van der Waals surface area contributed by atoms with Gasteiger partial charge in [-0.05, 0) is 49.7 Å². The monoisotopic (exact) mass is 506 g/mol. The van der Waals surface area contributed by atoms with E-state index in [0.717, 1.165) is 5.56 Å². The molecular formula is C29H30O8. The number of hydrogen-bond donors (Lipinski definition) is 0. The fraction of sp³-hybridized carbons (Fsp3) is 0.276. The maximum atomic E-state index is 12.8. The fourth-order valence-corrected chi connectivity index (χ4v) is 3.51. The molecule has 0 aromatic heterocycles. The predicted octanol–water partition coefficient (Wildman–Crippen LogP) is 4.89. The molecule has 0 aliphatic carbocycles. The fourth-order valence-electron chi connectivity index (χ4n) is 3.51. The molecule has 8 nitrogen and oxygen atoms in total. The molecule has 0 N–H and O–H groups in total. The molecule has 3 aromatic rings. The maximum absolute atomic E-state index is 12.8. The summed E-state index contributed by atoms with van der Waals surface area (Å²) in [5.74, 6) is -1.04. The first kappa shape index (κ1) is 27.3. The van der Waals surface area contributed by atoms with Crippen LogP contribution in [0.25, 0.3) is 0 Å². The second-order valence-corrected chi connectivity index (χ2v) is 8.75. The number of rotatable bonds is 11. The molecule has 0 amide bonds. The molecule has 37 heavy (non-hydrogen) atoms. The van der Waals surface area contributed by atoms with E-state index in [9.17, 15) is 14.4 Å². The summed E-state index contributed by atoms with van der Waals surface area (Å²) < 4.78 is 27.1. The van der Waals surface area contributed by atoms with E-state index in [0.29, 0.717) is 17.1 Å². The van der Waals surface area contributed by atoms with Gasteiger partial charge in [0, 0.05) is 0 Å². The van der Waals surface area contributed by atoms with Gasteiger partial charge in [-0.15, -0.1) is 0 Å². The summed E-state index contributed by atoms with van der Waals surface area (Å²) in [6.07, 6.45) is 0. The largest absolute Gasteiger partial charge is 0.496 e. The zero-order valence-electron chi connectivity index (χ0n) is 21.3. The molecule has 0 saturated carbocycles. The molecule has 8 heteroatoms. The standard InChI is InChI=1S/C29H30O8/c1-20-11-5-6-12-21(20)26(30)35-17-29(2,18-36-27(31)22-13-7-9-15-24(22)33-3)19-37-28(32)23-14-8-10-16-25(23)34-4/h5-16H,17-19H2,1-4H3. The summed E-state index contributed by atoms with van der Waals surface area (Å²) in [6, 6.07) is 20.4. The third-order valence-corrected chi connectivity index (χ3v) is 5.67. The number of ether oxygens (including phenoxy) is 5. The molecule has 0 bridgehead atoms. The van der Waals surface area contributed by atoms with Crippen LogP contribution < -0.4 is 9.47 Å². The maximum Gasteiger partial charge on any atom is 0.341 e. The van der Waals surface area contributed by atoms with Crippen molar-refractivity contribution in [2.75, 3.05) is 34.0 Å². The van der Waals surface area contributed by atoms with Crippen molar-refractivity contribution in [3.63, 3.8) is 0 Å². The predicted molar refractivity (Wildman–Crippen MR) is 136 cm³/mol. The lowest BCUT2D eigenvalue weighted by Crippen LogP contribution is -2.37. The lowest BCUT2D eigenvalue weighted by atomic mass is 9.94. The van der Waals surface area contributed by atoms with E-state index in [1.54, 1.807) is 80.6 Å². The van der Waals surface area contributed by atoms with E-state index in [1.807, 2.05) is 6.07 Å². The Morgan fingerprint density at radius 3 is 1.35 bits per heavy atom. The Bertz CT molecular complexity index is 1190. The zero-order valence-corrected chi connectivity index (χ0v) is 21.3. The van der Waals surface area contributed by atoms with Crippen molar-refractivity contribution in [3.05, 3.63) is 95.1 Å².